The van der Waals surface area contributed by atoms with E-state index in [9.17, 15) is 0 Å². The second kappa shape index (κ2) is 3.25. The lowest BCUT2D eigenvalue weighted by atomic mass is 10.0. The van der Waals surface area contributed by atoms with Gasteiger partial charge in [0.1, 0.15) is 0 Å². The standard InChI is InChI=1S/C10H13NO/c1-8-10(12-7-11-8)9-5-3-2-4-6-9/h2-6,8,10-11H,7H2,1H3/t8-,10-/m1/s1. The van der Waals surface area contributed by atoms with Crippen molar-refractivity contribution in [1.29, 1.82) is 0 Å². The molecule has 1 N–H and O–H groups in total. The molecule has 1 fully saturated rings. The number of hydrogen-bond donors (Lipinski definition) is 1. The predicted molar refractivity (Wildman–Crippen MR) is 47.7 cm³/mol. The van der Waals surface area contributed by atoms with Gasteiger partial charge in [0.25, 0.3) is 0 Å². The fourth-order valence-electron chi connectivity index (χ4n) is 1.55. The zero-order valence-corrected chi connectivity index (χ0v) is 7.16. The van der Waals surface area contributed by atoms with Crippen molar-refractivity contribution in [2.75, 3.05) is 6.73 Å². The van der Waals surface area contributed by atoms with Crippen LogP contribution in [0.15, 0.2) is 30.3 Å². The fourth-order valence-corrected chi connectivity index (χ4v) is 1.55. The Morgan fingerprint density at radius 2 is 2.08 bits per heavy atom. The summed E-state index contributed by atoms with van der Waals surface area (Å²) < 4.78 is 5.54. The molecule has 64 valence electrons. The molecule has 2 heteroatoms. The second-order valence-corrected chi connectivity index (χ2v) is 3.14. The Morgan fingerprint density at radius 3 is 2.67 bits per heavy atom. The van der Waals surface area contributed by atoms with E-state index in [1.807, 2.05) is 18.2 Å². The Labute approximate surface area is 72.5 Å². The molecule has 0 amide bonds. The van der Waals surface area contributed by atoms with Crippen molar-refractivity contribution in [2.45, 2.75) is 19.1 Å². The third-order valence-corrected chi connectivity index (χ3v) is 2.25. The second-order valence-electron chi connectivity index (χ2n) is 3.14. The van der Waals surface area contributed by atoms with Gasteiger partial charge in [-0.15, -0.1) is 0 Å². The maximum absolute atomic E-state index is 5.54. The van der Waals surface area contributed by atoms with Crippen LogP contribution in [0, 0.1) is 0 Å². The largest absolute Gasteiger partial charge is 0.357 e. The van der Waals surface area contributed by atoms with Crippen molar-refractivity contribution in [2.24, 2.45) is 0 Å². The molecule has 2 atom stereocenters. The van der Waals surface area contributed by atoms with Gasteiger partial charge in [-0.3, -0.25) is 5.32 Å². The van der Waals surface area contributed by atoms with Gasteiger partial charge < -0.3 is 4.74 Å². The van der Waals surface area contributed by atoms with Crippen molar-refractivity contribution >= 4 is 0 Å². The van der Waals surface area contributed by atoms with Gasteiger partial charge in [-0.05, 0) is 12.5 Å². The molecule has 0 bridgehead atoms. The van der Waals surface area contributed by atoms with E-state index in [1.54, 1.807) is 0 Å². The first-order valence-corrected chi connectivity index (χ1v) is 4.28. The van der Waals surface area contributed by atoms with Crippen molar-refractivity contribution in [3.05, 3.63) is 35.9 Å². The Bertz CT molecular complexity index is 247. The maximum atomic E-state index is 5.54. The van der Waals surface area contributed by atoms with Crippen LogP contribution >= 0.6 is 0 Å². The molecule has 0 radical (unpaired) electrons. The highest BCUT2D eigenvalue weighted by Gasteiger charge is 2.24. The molecule has 1 aliphatic rings. The smallest absolute Gasteiger partial charge is 0.0993 e. The first-order chi connectivity index (χ1) is 5.88. The van der Waals surface area contributed by atoms with Gasteiger partial charge in [0.15, 0.2) is 0 Å². The summed E-state index contributed by atoms with van der Waals surface area (Å²) in [5.74, 6) is 0. The number of nitrogens with one attached hydrogen (secondary N) is 1. The molecular formula is C10H13NO. The molecular weight excluding hydrogens is 150 g/mol. The van der Waals surface area contributed by atoms with E-state index in [-0.39, 0.29) is 6.10 Å². The normalized spacial score (nSPS) is 29.1. The molecule has 0 aliphatic carbocycles. The molecule has 0 aromatic heterocycles. The monoisotopic (exact) mass is 163 g/mol. The van der Waals surface area contributed by atoms with Crippen LogP contribution in [0.4, 0.5) is 0 Å². The van der Waals surface area contributed by atoms with E-state index in [0.717, 1.165) is 0 Å². The summed E-state index contributed by atoms with van der Waals surface area (Å²) in [4.78, 5) is 0. The first-order valence-electron chi connectivity index (χ1n) is 4.28. The van der Waals surface area contributed by atoms with Crippen LogP contribution < -0.4 is 5.32 Å². The minimum absolute atomic E-state index is 0.228. The first kappa shape index (κ1) is 7.77. The zero-order valence-electron chi connectivity index (χ0n) is 7.16. The summed E-state index contributed by atoms with van der Waals surface area (Å²) in [6.45, 7) is 2.81. The summed E-state index contributed by atoms with van der Waals surface area (Å²) in [7, 11) is 0. The lowest BCUT2D eigenvalue weighted by molar-refractivity contribution is 0.105. The third-order valence-electron chi connectivity index (χ3n) is 2.25. The lowest BCUT2D eigenvalue weighted by Gasteiger charge is -2.13. The highest BCUT2D eigenvalue weighted by molar-refractivity contribution is 5.19. The molecule has 12 heavy (non-hydrogen) atoms. The molecule has 1 saturated heterocycles. The average Bonchev–Trinajstić information content (AvgIpc) is 2.53. The minimum atomic E-state index is 0.228. The lowest BCUT2D eigenvalue weighted by Crippen LogP contribution is -2.21. The van der Waals surface area contributed by atoms with Crippen molar-refractivity contribution in [3.8, 4) is 0 Å². The van der Waals surface area contributed by atoms with E-state index in [4.69, 9.17) is 4.74 Å². The average molecular weight is 163 g/mol. The highest BCUT2D eigenvalue weighted by atomic mass is 16.5. The maximum Gasteiger partial charge on any atom is 0.0993 e. The number of benzene rings is 1. The van der Waals surface area contributed by atoms with Crippen LogP contribution in [0.5, 0.6) is 0 Å². The molecule has 1 heterocycles. The molecule has 2 nitrogen and oxygen atoms in total. The fraction of sp³-hybridized carbons (Fsp3) is 0.400. The van der Waals surface area contributed by atoms with Crippen LogP contribution in [-0.4, -0.2) is 12.8 Å². The van der Waals surface area contributed by atoms with E-state index in [0.29, 0.717) is 12.8 Å². The van der Waals surface area contributed by atoms with Crippen molar-refractivity contribution < 1.29 is 4.74 Å². The highest BCUT2D eigenvalue weighted by Crippen LogP contribution is 2.24. The molecule has 1 aliphatic heterocycles. The molecule has 0 spiro atoms. The Hall–Kier alpha value is -0.860. The van der Waals surface area contributed by atoms with Gasteiger partial charge in [0.2, 0.25) is 0 Å². The van der Waals surface area contributed by atoms with Crippen LogP contribution in [0.2, 0.25) is 0 Å². The van der Waals surface area contributed by atoms with Gasteiger partial charge in [-0.2, -0.15) is 0 Å². The molecule has 1 aromatic carbocycles. The Kier molecular flexibility index (Phi) is 2.11. The summed E-state index contributed by atoms with van der Waals surface area (Å²) in [6, 6.07) is 10.7. The van der Waals surface area contributed by atoms with Gasteiger partial charge in [0, 0.05) is 6.04 Å². The predicted octanol–water partition coefficient (Wildman–Crippen LogP) is 1.69. The molecule has 0 unspecified atom stereocenters. The molecule has 1 aromatic rings. The van der Waals surface area contributed by atoms with Crippen LogP contribution in [-0.2, 0) is 4.74 Å². The SMILES string of the molecule is C[C@H]1NCO[C@H]1c1ccccc1. The van der Waals surface area contributed by atoms with E-state index < -0.39 is 0 Å². The van der Waals surface area contributed by atoms with Crippen molar-refractivity contribution in [3.63, 3.8) is 0 Å². The van der Waals surface area contributed by atoms with Crippen molar-refractivity contribution in [1.82, 2.24) is 5.32 Å². The summed E-state index contributed by atoms with van der Waals surface area (Å²) in [5.41, 5.74) is 1.26. The number of ether oxygens (including phenoxy) is 1. The van der Waals surface area contributed by atoms with Gasteiger partial charge >= 0.3 is 0 Å². The molecule has 2 rings (SSSR count). The summed E-state index contributed by atoms with van der Waals surface area (Å²) in [5, 5.41) is 3.25. The van der Waals surface area contributed by atoms with Crippen LogP contribution in [0.3, 0.4) is 0 Å². The number of hydrogen-bond acceptors (Lipinski definition) is 2. The summed E-state index contributed by atoms with van der Waals surface area (Å²) >= 11 is 0. The van der Waals surface area contributed by atoms with Gasteiger partial charge in [-0.25, -0.2) is 0 Å². The van der Waals surface area contributed by atoms with Crippen LogP contribution in [0.25, 0.3) is 0 Å². The Morgan fingerprint density at radius 1 is 1.33 bits per heavy atom. The Balaban J connectivity index is 2.19. The zero-order chi connectivity index (χ0) is 8.39. The van der Waals surface area contributed by atoms with E-state index in [1.165, 1.54) is 5.56 Å². The summed E-state index contributed by atoms with van der Waals surface area (Å²) in [6.07, 6.45) is 0.228. The van der Waals surface area contributed by atoms with E-state index >= 15 is 0 Å². The third kappa shape index (κ3) is 1.36. The topological polar surface area (TPSA) is 21.3 Å². The van der Waals surface area contributed by atoms with E-state index in [2.05, 4.69) is 24.4 Å². The van der Waals surface area contributed by atoms with Gasteiger partial charge in [0.05, 0.1) is 12.8 Å². The minimum Gasteiger partial charge on any atom is -0.357 e. The van der Waals surface area contributed by atoms with Gasteiger partial charge in [-0.1, -0.05) is 30.3 Å². The number of rotatable bonds is 1. The molecule has 0 saturated carbocycles. The quantitative estimate of drug-likeness (QED) is 0.680. The van der Waals surface area contributed by atoms with Crippen LogP contribution in [0.1, 0.15) is 18.6 Å².